The highest BCUT2D eigenvalue weighted by Gasteiger charge is 2.12. The third-order valence-corrected chi connectivity index (χ3v) is 4.27. The molecule has 0 aliphatic carbocycles. The molecule has 0 fully saturated rings. The Morgan fingerprint density at radius 3 is 2.67 bits per heavy atom. The number of hydrogen-bond donors (Lipinski definition) is 1. The minimum absolute atomic E-state index is 0.246. The van der Waals surface area contributed by atoms with Gasteiger partial charge < -0.3 is 14.8 Å². The Kier molecular flexibility index (Phi) is 6.88. The van der Waals surface area contributed by atoms with Crippen LogP contribution in [0.5, 0.6) is 11.5 Å². The molecular formula is C19H23ClFNO2. The van der Waals surface area contributed by atoms with Crippen molar-refractivity contribution in [2.45, 2.75) is 39.5 Å². The third-order valence-electron chi connectivity index (χ3n) is 3.92. The van der Waals surface area contributed by atoms with Gasteiger partial charge in [0.25, 0.3) is 0 Å². The molecule has 2 aromatic rings. The average molecular weight is 352 g/mol. The van der Waals surface area contributed by atoms with E-state index < -0.39 is 0 Å². The van der Waals surface area contributed by atoms with Crippen LogP contribution in [0.4, 0.5) is 4.39 Å². The smallest absolute Gasteiger partial charge is 0.166 e. The largest absolute Gasteiger partial charge is 0.493 e. The summed E-state index contributed by atoms with van der Waals surface area (Å²) in [7, 11) is 1.61. The van der Waals surface area contributed by atoms with Gasteiger partial charge in [0.15, 0.2) is 11.5 Å². The minimum Gasteiger partial charge on any atom is -0.493 e. The number of rotatable bonds is 8. The molecule has 3 nitrogen and oxygen atoms in total. The molecular weight excluding hydrogens is 329 g/mol. The Balaban J connectivity index is 2.17. The first-order valence-corrected chi connectivity index (χ1v) is 8.39. The van der Waals surface area contributed by atoms with E-state index in [0.717, 1.165) is 17.5 Å². The molecule has 0 radical (unpaired) electrons. The van der Waals surface area contributed by atoms with Crippen LogP contribution in [-0.2, 0) is 13.2 Å². The summed E-state index contributed by atoms with van der Waals surface area (Å²) >= 11 is 6.07. The van der Waals surface area contributed by atoms with E-state index in [0.29, 0.717) is 29.1 Å². The van der Waals surface area contributed by atoms with Crippen LogP contribution < -0.4 is 14.8 Å². The first-order valence-electron chi connectivity index (χ1n) is 8.01. The zero-order chi connectivity index (χ0) is 17.5. The van der Waals surface area contributed by atoms with Crippen LogP contribution in [0.1, 0.15) is 31.4 Å². The molecule has 5 heteroatoms. The third kappa shape index (κ3) is 4.86. The molecule has 130 valence electrons. The topological polar surface area (TPSA) is 30.5 Å². The van der Waals surface area contributed by atoms with Gasteiger partial charge in [-0.3, -0.25) is 0 Å². The molecule has 1 atom stereocenters. The van der Waals surface area contributed by atoms with Crippen molar-refractivity contribution >= 4 is 11.6 Å². The Morgan fingerprint density at radius 2 is 2.00 bits per heavy atom. The first kappa shape index (κ1) is 18.6. The van der Waals surface area contributed by atoms with Gasteiger partial charge in [-0.2, -0.15) is 0 Å². The summed E-state index contributed by atoms with van der Waals surface area (Å²) in [5.74, 6) is 0.979. The maximum atomic E-state index is 13.1. The number of halogens is 2. The molecule has 24 heavy (non-hydrogen) atoms. The summed E-state index contributed by atoms with van der Waals surface area (Å²) in [6.45, 7) is 5.20. The second kappa shape index (κ2) is 8.90. The maximum Gasteiger partial charge on any atom is 0.166 e. The highest BCUT2D eigenvalue weighted by atomic mass is 35.5. The summed E-state index contributed by atoms with van der Waals surface area (Å²) in [6, 6.07) is 10.5. The minimum atomic E-state index is -0.362. The SMILES string of the molecule is CCC(C)NCc1cccc(OC)c1OCc1ccc(F)cc1Cl. The second-order valence-corrected chi connectivity index (χ2v) is 6.07. The molecule has 0 amide bonds. The van der Waals surface area contributed by atoms with Crippen LogP contribution in [0.15, 0.2) is 36.4 Å². The molecule has 0 saturated carbocycles. The highest BCUT2D eigenvalue weighted by molar-refractivity contribution is 6.31. The van der Waals surface area contributed by atoms with Gasteiger partial charge in [0.1, 0.15) is 12.4 Å². The summed E-state index contributed by atoms with van der Waals surface area (Å²) in [5, 5.41) is 3.80. The molecule has 0 aliphatic rings. The van der Waals surface area contributed by atoms with Gasteiger partial charge in [-0.1, -0.05) is 36.7 Å². The zero-order valence-electron chi connectivity index (χ0n) is 14.2. The fourth-order valence-electron chi connectivity index (χ4n) is 2.24. The molecule has 0 saturated heterocycles. The van der Waals surface area contributed by atoms with E-state index in [2.05, 4.69) is 19.2 Å². The Labute approximate surface area is 147 Å². The van der Waals surface area contributed by atoms with Crippen molar-refractivity contribution in [1.29, 1.82) is 0 Å². The monoisotopic (exact) mass is 351 g/mol. The van der Waals surface area contributed by atoms with Crippen molar-refractivity contribution in [2.24, 2.45) is 0 Å². The lowest BCUT2D eigenvalue weighted by atomic mass is 10.1. The number of para-hydroxylation sites is 1. The quantitative estimate of drug-likeness (QED) is 0.729. The van der Waals surface area contributed by atoms with Gasteiger partial charge in [0.05, 0.1) is 12.1 Å². The molecule has 1 N–H and O–H groups in total. The van der Waals surface area contributed by atoms with Crippen LogP contribution in [0.2, 0.25) is 5.02 Å². The fraction of sp³-hybridized carbons (Fsp3) is 0.368. The van der Waals surface area contributed by atoms with Gasteiger partial charge in [-0.15, -0.1) is 0 Å². The Morgan fingerprint density at radius 1 is 1.21 bits per heavy atom. The molecule has 0 aromatic heterocycles. The van der Waals surface area contributed by atoms with Crippen LogP contribution >= 0.6 is 11.6 Å². The lowest BCUT2D eigenvalue weighted by Gasteiger charge is -2.17. The van der Waals surface area contributed by atoms with Crippen molar-refractivity contribution in [3.8, 4) is 11.5 Å². The van der Waals surface area contributed by atoms with Gasteiger partial charge >= 0.3 is 0 Å². The van der Waals surface area contributed by atoms with E-state index in [4.69, 9.17) is 21.1 Å². The molecule has 0 bridgehead atoms. The van der Waals surface area contributed by atoms with Gasteiger partial charge in [-0.05, 0) is 31.5 Å². The van der Waals surface area contributed by atoms with Gasteiger partial charge in [-0.25, -0.2) is 4.39 Å². The van der Waals surface area contributed by atoms with E-state index in [-0.39, 0.29) is 12.4 Å². The predicted octanol–water partition coefficient (Wildman–Crippen LogP) is 4.95. The van der Waals surface area contributed by atoms with Gasteiger partial charge in [0, 0.05) is 23.7 Å². The summed E-state index contributed by atoms with van der Waals surface area (Å²) in [6.07, 6.45) is 1.05. The predicted molar refractivity (Wildman–Crippen MR) is 95.3 cm³/mol. The van der Waals surface area contributed by atoms with Crippen molar-refractivity contribution in [3.63, 3.8) is 0 Å². The first-order chi connectivity index (χ1) is 11.5. The molecule has 0 aliphatic heterocycles. The van der Waals surface area contributed by atoms with Crippen LogP contribution in [0.3, 0.4) is 0 Å². The summed E-state index contributed by atoms with van der Waals surface area (Å²) in [4.78, 5) is 0. The molecule has 0 spiro atoms. The lowest BCUT2D eigenvalue weighted by Crippen LogP contribution is -2.24. The standard InChI is InChI=1S/C19H23ClFNO2/c1-4-13(2)22-11-14-6-5-7-18(23-3)19(14)24-12-15-8-9-16(21)10-17(15)20/h5-10,13,22H,4,11-12H2,1-3H3. The second-order valence-electron chi connectivity index (χ2n) is 5.66. The summed E-state index contributed by atoms with van der Waals surface area (Å²) in [5.41, 5.74) is 1.73. The van der Waals surface area contributed by atoms with Crippen molar-refractivity contribution in [1.82, 2.24) is 5.32 Å². The number of hydrogen-bond acceptors (Lipinski definition) is 3. The molecule has 2 rings (SSSR count). The normalized spacial score (nSPS) is 12.0. The lowest BCUT2D eigenvalue weighted by molar-refractivity contribution is 0.280. The van der Waals surface area contributed by atoms with E-state index in [1.807, 2.05) is 18.2 Å². The van der Waals surface area contributed by atoms with E-state index in [9.17, 15) is 4.39 Å². The fourth-order valence-corrected chi connectivity index (χ4v) is 2.46. The molecule has 2 aromatic carbocycles. The van der Waals surface area contributed by atoms with Gasteiger partial charge in [0.2, 0.25) is 0 Å². The van der Waals surface area contributed by atoms with E-state index >= 15 is 0 Å². The highest BCUT2D eigenvalue weighted by Crippen LogP contribution is 2.32. The number of methoxy groups -OCH3 is 1. The Hall–Kier alpha value is -1.78. The maximum absolute atomic E-state index is 13.1. The Bertz CT molecular complexity index is 678. The number of nitrogens with one attached hydrogen (secondary N) is 1. The van der Waals surface area contributed by atoms with Crippen molar-refractivity contribution in [2.75, 3.05) is 7.11 Å². The zero-order valence-corrected chi connectivity index (χ0v) is 15.0. The average Bonchev–Trinajstić information content (AvgIpc) is 2.59. The van der Waals surface area contributed by atoms with Crippen LogP contribution in [0.25, 0.3) is 0 Å². The van der Waals surface area contributed by atoms with Crippen LogP contribution in [0, 0.1) is 5.82 Å². The summed E-state index contributed by atoms with van der Waals surface area (Å²) < 4.78 is 24.5. The van der Waals surface area contributed by atoms with E-state index in [1.54, 1.807) is 13.2 Å². The molecule has 1 unspecified atom stereocenters. The van der Waals surface area contributed by atoms with Crippen LogP contribution in [-0.4, -0.2) is 13.2 Å². The van der Waals surface area contributed by atoms with Crippen molar-refractivity contribution < 1.29 is 13.9 Å². The molecule has 0 heterocycles. The number of benzene rings is 2. The van der Waals surface area contributed by atoms with E-state index in [1.165, 1.54) is 12.1 Å². The van der Waals surface area contributed by atoms with Crippen molar-refractivity contribution in [3.05, 3.63) is 58.4 Å². The number of ether oxygens (including phenoxy) is 2.